The van der Waals surface area contributed by atoms with Crippen LogP contribution in [0.15, 0.2) is 146 Å². The van der Waals surface area contributed by atoms with Gasteiger partial charge in [0, 0.05) is 17.3 Å². The minimum Gasteiger partial charge on any atom is -0.378 e. The third-order valence-electron chi connectivity index (χ3n) is 8.91. The molecule has 0 unspecified atom stereocenters. The largest absolute Gasteiger partial charge is 0.378 e. The summed E-state index contributed by atoms with van der Waals surface area (Å²) in [6.45, 7) is 2.27. The van der Waals surface area contributed by atoms with Crippen LogP contribution in [0.3, 0.4) is 0 Å². The van der Waals surface area contributed by atoms with Crippen LogP contribution in [0.25, 0.3) is 33.4 Å². The highest BCUT2D eigenvalue weighted by atomic mass is 14.9. The number of benzene rings is 6. The molecule has 6 aromatic rings. The van der Waals surface area contributed by atoms with Crippen molar-refractivity contribution in [3.8, 4) is 33.4 Å². The zero-order chi connectivity index (χ0) is 26.7. The second-order valence-electron chi connectivity index (χ2n) is 11.0. The Morgan fingerprint density at radius 1 is 0.450 bits per heavy atom. The molecule has 2 aliphatic rings. The van der Waals surface area contributed by atoms with Crippen LogP contribution in [-0.4, -0.2) is 0 Å². The van der Waals surface area contributed by atoms with Gasteiger partial charge in [-0.1, -0.05) is 140 Å². The van der Waals surface area contributed by atoms with E-state index >= 15 is 0 Å². The topological polar surface area (TPSA) is 12.0 Å². The molecule has 0 fully saturated rings. The third-order valence-corrected chi connectivity index (χ3v) is 8.91. The normalized spacial score (nSPS) is 14.2. The van der Waals surface area contributed by atoms with E-state index in [0.717, 1.165) is 5.69 Å². The highest BCUT2D eigenvalue weighted by Gasteiger charge is 2.51. The van der Waals surface area contributed by atoms with Crippen molar-refractivity contribution in [1.29, 1.82) is 0 Å². The van der Waals surface area contributed by atoms with Gasteiger partial charge in [-0.15, -0.1) is 0 Å². The summed E-state index contributed by atoms with van der Waals surface area (Å²) in [6.07, 6.45) is 0. The van der Waals surface area contributed by atoms with Crippen LogP contribution in [0, 0.1) is 0 Å². The number of hydrogen-bond acceptors (Lipinski definition) is 1. The first-order valence-corrected chi connectivity index (χ1v) is 14.1. The van der Waals surface area contributed by atoms with Gasteiger partial charge in [-0.25, -0.2) is 0 Å². The van der Waals surface area contributed by atoms with Gasteiger partial charge in [0.1, 0.15) is 0 Å². The van der Waals surface area contributed by atoms with Crippen molar-refractivity contribution in [1.82, 2.24) is 0 Å². The van der Waals surface area contributed by atoms with Gasteiger partial charge in [-0.05, 0) is 68.6 Å². The zero-order valence-corrected chi connectivity index (χ0v) is 22.4. The van der Waals surface area contributed by atoms with Crippen LogP contribution in [-0.2, 0) is 5.41 Å². The van der Waals surface area contributed by atoms with E-state index in [4.69, 9.17) is 0 Å². The van der Waals surface area contributed by atoms with E-state index in [0.29, 0.717) is 0 Å². The molecule has 0 bridgehead atoms. The van der Waals surface area contributed by atoms with E-state index < -0.39 is 0 Å². The first kappa shape index (κ1) is 23.0. The molecule has 0 heterocycles. The predicted molar refractivity (Wildman–Crippen MR) is 167 cm³/mol. The lowest BCUT2D eigenvalue weighted by Crippen LogP contribution is -2.26. The van der Waals surface area contributed by atoms with Crippen molar-refractivity contribution in [3.05, 3.63) is 173 Å². The highest BCUT2D eigenvalue weighted by molar-refractivity contribution is 5.95. The molecule has 0 radical (unpaired) electrons. The molecule has 0 amide bonds. The summed E-state index contributed by atoms with van der Waals surface area (Å²) in [5.74, 6) is 0. The minimum atomic E-state index is -0.309. The first-order chi connectivity index (χ1) is 19.8. The Morgan fingerprint density at radius 2 is 0.925 bits per heavy atom. The molecular weight excluding hydrogens is 482 g/mol. The molecule has 0 saturated heterocycles. The second-order valence-corrected chi connectivity index (χ2v) is 11.0. The van der Waals surface area contributed by atoms with Gasteiger partial charge in [-0.3, -0.25) is 0 Å². The number of anilines is 1. The number of hydrogen-bond donors (Lipinski definition) is 1. The van der Waals surface area contributed by atoms with E-state index in [-0.39, 0.29) is 11.5 Å². The van der Waals surface area contributed by atoms with E-state index in [2.05, 4.69) is 158 Å². The lowest BCUT2D eigenvalue weighted by Gasteiger charge is -2.31. The van der Waals surface area contributed by atoms with Gasteiger partial charge in [0.15, 0.2) is 0 Å². The summed E-state index contributed by atoms with van der Waals surface area (Å²) in [5, 5.41) is 3.85. The van der Waals surface area contributed by atoms with Crippen molar-refractivity contribution < 1.29 is 0 Å². The molecule has 1 spiro atoms. The van der Waals surface area contributed by atoms with Crippen LogP contribution < -0.4 is 5.32 Å². The third kappa shape index (κ3) is 3.15. The maximum Gasteiger partial charge on any atom is 0.0725 e. The van der Waals surface area contributed by atoms with Gasteiger partial charge in [0.05, 0.1) is 5.41 Å². The summed E-state index contributed by atoms with van der Waals surface area (Å²) in [5.41, 5.74) is 15.5. The Bertz CT molecular complexity index is 1840. The molecule has 8 rings (SSSR count). The molecule has 1 nitrogen and oxygen atoms in total. The second kappa shape index (κ2) is 8.83. The van der Waals surface area contributed by atoms with E-state index in [1.54, 1.807) is 0 Å². The van der Waals surface area contributed by atoms with Crippen LogP contribution in [0.2, 0.25) is 0 Å². The molecule has 1 heteroatoms. The van der Waals surface area contributed by atoms with Gasteiger partial charge >= 0.3 is 0 Å². The van der Waals surface area contributed by atoms with Gasteiger partial charge < -0.3 is 5.32 Å². The smallest absolute Gasteiger partial charge is 0.0725 e. The van der Waals surface area contributed by atoms with E-state index in [9.17, 15) is 0 Å². The summed E-state index contributed by atoms with van der Waals surface area (Å²) in [4.78, 5) is 0. The average Bonchev–Trinajstić information content (AvgIpc) is 3.49. The number of para-hydroxylation sites is 1. The van der Waals surface area contributed by atoms with Crippen molar-refractivity contribution in [2.24, 2.45) is 0 Å². The Hall–Kier alpha value is -4.88. The van der Waals surface area contributed by atoms with Crippen molar-refractivity contribution in [2.75, 3.05) is 5.32 Å². The quantitative estimate of drug-likeness (QED) is 0.248. The molecule has 0 aromatic heterocycles. The predicted octanol–water partition coefficient (Wildman–Crippen LogP) is 9.87. The fraction of sp³-hybridized carbons (Fsp3) is 0.0769. The van der Waals surface area contributed by atoms with Gasteiger partial charge in [0.2, 0.25) is 0 Å². The lowest BCUT2D eigenvalue weighted by molar-refractivity contribution is 0.786. The Balaban J connectivity index is 1.30. The average molecular weight is 512 g/mol. The van der Waals surface area contributed by atoms with Crippen molar-refractivity contribution in [2.45, 2.75) is 18.4 Å². The molecule has 6 aromatic carbocycles. The summed E-state index contributed by atoms with van der Waals surface area (Å²) in [7, 11) is 0. The monoisotopic (exact) mass is 511 g/mol. The highest BCUT2D eigenvalue weighted by Crippen LogP contribution is 2.62. The molecule has 0 saturated carbocycles. The minimum absolute atomic E-state index is 0.128. The Morgan fingerprint density at radius 3 is 1.52 bits per heavy atom. The van der Waals surface area contributed by atoms with Crippen LogP contribution in [0.4, 0.5) is 5.69 Å². The fourth-order valence-electron chi connectivity index (χ4n) is 7.18. The molecule has 0 aliphatic heterocycles. The Kier molecular flexibility index (Phi) is 5.09. The maximum absolute atomic E-state index is 3.85. The van der Waals surface area contributed by atoms with Gasteiger partial charge in [-0.2, -0.15) is 0 Å². The number of rotatable bonds is 4. The molecule has 2 aliphatic carbocycles. The zero-order valence-electron chi connectivity index (χ0n) is 22.4. The Labute approximate surface area is 235 Å². The molecular formula is C39H29N. The first-order valence-electron chi connectivity index (χ1n) is 14.1. The summed E-state index contributed by atoms with van der Waals surface area (Å²) >= 11 is 0. The molecule has 1 N–H and O–H groups in total. The van der Waals surface area contributed by atoms with Crippen molar-refractivity contribution >= 4 is 5.69 Å². The molecule has 40 heavy (non-hydrogen) atoms. The van der Waals surface area contributed by atoms with Crippen LogP contribution in [0.5, 0.6) is 0 Å². The van der Waals surface area contributed by atoms with E-state index in [1.807, 2.05) is 0 Å². The summed E-state index contributed by atoms with van der Waals surface area (Å²) < 4.78 is 0. The lowest BCUT2D eigenvalue weighted by atomic mass is 9.70. The number of fused-ring (bicyclic) bond motifs is 10. The number of nitrogens with one attached hydrogen (secondary N) is 1. The van der Waals surface area contributed by atoms with Crippen LogP contribution in [0.1, 0.15) is 40.8 Å². The van der Waals surface area contributed by atoms with Gasteiger partial charge in [0.25, 0.3) is 0 Å². The van der Waals surface area contributed by atoms with Crippen LogP contribution >= 0.6 is 0 Å². The van der Waals surface area contributed by atoms with E-state index in [1.165, 1.54) is 61.2 Å². The standard InChI is InChI=1S/C39H29N/c1-26(40-38-22-12-8-15-29(38)27-13-3-2-4-14-27)28-23-24-33-32-18-7-11-21-36(32)39(37(33)25-28)34-19-9-5-16-30(34)31-17-6-10-20-35(31)39/h2-26,40H,1H3/t26-/m0/s1. The summed E-state index contributed by atoms with van der Waals surface area (Å²) in [6, 6.07) is 53.5. The fourth-order valence-corrected chi connectivity index (χ4v) is 7.18. The van der Waals surface area contributed by atoms with Crippen molar-refractivity contribution in [3.63, 3.8) is 0 Å². The molecule has 1 atom stereocenters. The maximum atomic E-state index is 3.85. The SMILES string of the molecule is C[C@H](Nc1ccccc1-c1ccccc1)c1ccc2c(c1)C1(c3ccccc3-c3ccccc31)c1ccccc1-2. The molecule has 190 valence electrons.